The molecule has 1 aliphatic carbocycles. The van der Waals surface area contributed by atoms with Crippen molar-refractivity contribution in [1.29, 1.82) is 0 Å². The molecule has 0 fully saturated rings. The zero-order valence-corrected chi connectivity index (χ0v) is 13.8. The van der Waals surface area contributed by atoms with Crippen LogP contribution >= 0.6 is 15.9 Å². The van der Waals surface area contributed by atoms with E-state index in [2.05, 4.69) is 39.4 Å². The summed E-state index contributed by atoms with van der Waals surface area (Å²) in [6, 6.07) is 16.0. The number of alkyl carbamates (subject to hydrolysis) is 1. The van der Waals surface area contributed by atoms with E-state index < -0.39 is 0 Å². The Bertz CT molecular complexity index is 657. The van der Waals surface area contributed by atoms with Crippen molar-refractivity contribution in [1.82, 2.24) is 5.32 Å². The van der Waals surface area contributed by atoms with Gasteiger partial charge in [0.1, 0.15) is 6.61 Å². The maximum atomic E-state index is 11.8. The van der Waals surface area contributed by atoms with Crippen LogP contribution in [0.5, 0.6) is 0 Å². The summed E-state index contributed by atoms with van der Waals surface area (Å²) >= 11 is 3.59. The third-order valence-corrected chi connectivity index (χ3v) is 4.79. The molecule has 4 heteroatoms. The summed E-state index contributed by atoms with van der Waals surface area (Å²) in [4.78, 5) is 11.8. The molecule has 0 saturated heterocycles. The minimum atomic E-state index is -0.354. The Morgan fingerprint density at radius 2 is 2.00 bits per heavy atom. The van der Waals surface area contributed by atoms with Gasteiger partial charge in [0.2, 0.25) is 0 Å². The molecule has 1 amide bonds. The first-order valence-corrected chi connectivity index (χ1v) is 8.25. The second-order valence-electron chi connectivity index (χ2n) is 5.49. The van der Waals surface area contributed by atoms with Gasteiger partial charge in [-0.3, -0.25) is 0 Å². The first kappa shape index (κ1) is 15.1. The molecule has 0 bridgehead atoms. The van der Waals surface area contributed by atoms with Crippen LogP contribution in [0.4, 0.5) is 4.79 Å². The van der Waals surface area contributed by atoms with Crippen molar-refractivity contribution in [2.75, 3.05) is 6.54 Å². The fourth-order valence-corrected chi connectivity index (χ4v) is 3.47. The largest absolute Gasteiger partial charge is 0.445 e. The molecule has 2 aromatic carbocycles. The first-order chi connectivity index (χ1) is 10.7. The average molecular weight is 360 g/mol. The number of halogens is 1. The molecule has 1 N–H and O–H groups in total. The molecule has 0 radical (unpaired) electrons. The van der Waals surface area contributed by atoms with Gasteiger partial charge in [-0.2, -0.15) is 0 Å². The quantitative estimate of drug-likeness (QED) is 0.877. The summed E-state index contributed by atoms with van der Waals surface area (Å²) in [5.41, 5.74) is 3.69. The Kier molecular flexibility index (Phi) is 4.78. The van der Waals surface area contributed by atoms with E-state index in [4.69, 9.17) is 4.74 Å². The molecule has 3 nitrogen and oxygen atoms in total. The zero-order chi connectivity index (χ0) is 15.4. The van der Waals surface area contributed by atoms with Crippen molar-refractivity contribution in [3.63, 3.8) is 0 Å². The molecule has 0 aromatic heterocycles. The topological polar surface area (TPSA) is 38.3 Å². The lowest BCUT2D eigenvalue weighted by Gasteiger charge is -2.13. The number of ether oxygens (including phenoxy) is 1. The minimum Gasteiger partial charge on any atom is -0.445 e. The van der Waals surface area contributed by atoms with E-state index >= 15 is 0 Å². The third kappa shape index (κ3) is 3.50. The van der Waals surface area contributed by atoms with E-state index in [-0.39, 0.29) is 6.09 Å². The van der Waals surface area contributed by atoms with Crippen LogP contribution in [0.1, 0.15) is 29.0 Å². The van der Waals surface area contributed by atoms with E-state index in [1.54, 1.807) is 0 Å². The fourth-order valence-electron chi connectivity index (χ4n) is 2.89. The van der Waals surface area contributed by atoms with Crippen molar-refractivity contribution in [2.45, 2.75) is 25.4 Å². The predicted molar refractivity (Wildman–Crippen MR) is 89.8 cm³/mol. The molecule has 0 spiro atoms. The highest BCUT2D eigenvalue weighted by atomic mass is 79.9. The van der Waals surface area contributed by atoms with Crippen LogP contribution in [-0.4, -0.2) is 12.6 Å². The average Bonchev–Trinajstić information content (AvgIpc) is 2.96. The molecule has 22 heavy (non-hydrogen) atoms. The number of amides is 1. The summed E-state index contributed by atoms with van der Waals surface area (Å²) < 4.78 is 6.41. The standard InChI is InChI=1S/C18H18BrNO2/c19-17-8-4-7-15-14(9-10-16(15)17)11-20-18(21)22-12-13-5-2-1-3-6-13/h1-8,14H,9-12H2,(H,20,21). The molecular formula is C18H18BrNO2. The maximum absolute atomic E-state index is 11.8. The van der Waals surface area contributed by atoms with Crippen LogP contribution in [0.2, 0.25) is 0 Å². The lowest BCUT2D eigenvalue weighted by molar-refractivity contribution is 0.139. The van der Waals surface area contributed by atoms with Crippen LogP contribution in [0.3, 0.4) is 0 Å². The molecule has 0 heterocycles. The predicted octanol–water partition coefficient (Wildman–Crippen LogP) is 4.41. The molecule has 1 atom stereocenters. The summed E-state index contributed by atoms with van der Waals surface area (Å²) in [6.07, 6.45) is 1.77. The van der Waals surface area contributed by atoms with E-state index in [0.717, 1.165) is 18.4 Å². The number of carbonyl (C=O) groups is 1. The van der Waals surface area contributed by atoms with Crippen LogP contribution in [0.15, 0.2) is 53.0 Å². The van der Waals surface area contributed by atoms with Crippen molar-refractivity contribution < 1.29 is 9.53 Å². The summed E-state index contributed by atoms with van der Waals surface area (Å²) in [6.45, 7) is 0.927. The van der Waals surface area contributed by atoms with Gasteiger partial charge in [-0.1, -0.05) is 58.4 Å². The maximum Gasteiger partial charge on any atom is 0.407 e. The number of hydrogen-bond acceptors (Lipinski definition) is 2. The van der Waals surface area contributed by atoms with Crippen LogP contribution < -0.4 is 5.32 Å². The summed E-state index contributed by atoms with van der Waals surface area (Å²) in [5.74, 6) is 0.372. The van der Waals surface area contributed by atoms with E-state index in [9.17, 15) is 4.79 Å². The molecule has 0 aliphatic heterocycles. The molecule has 0 saturated carbocycles. The Labute approximate surface area is 138 Å². The SMILES string of the molecule is O=C(NCC1CCc2c(Br)cccc21)OCc1ccccc1. The Hall–Kier alpha value is -1.81. The Morgan fingerprint density at radius 3 is 2.82 bits per heavy atom. The van der Waals surface area contributed by atoms with Crippen molar-refractivity contribution >= 4 is 22.0 Å². The number of nitrogens with one attached hydrogen (secondary N) is 1. The van der Waals surface area contributed by atoms with E-state index in [1.165, 1.54) is 15.6 Å². The zero-order valence-electron chi connectivity index (χ0n) is 12.2. The normalized spacial score (nSPS) is 16.1. The van der Waals surface area contributed by atoms with Gasteiger partial charge in [-0.25, -0.2) is 4.79 Å². The molecular weight excluding hydrogens is 342 g/mol. The van der Waals surface area contributed by atoms with Gasteiger partial charge >= 0.3 is 6.09 Å². The van der Waals surface area contributed by atoms with Crippen molar-refractivity contribution in [3.05, 3.63) is 69.7 Å². The lowest BCUT2D eigenvalue weighted by Crippen LogP contribution is -2.28. The minimum absolute atomic E-state index is 0.305. The Morgan fingerprint density at radius 1 is 1.18 bits per heavy atom. The van der Waals surface area contributed by atoms with Gasteiger partial charge in [0, 0.05) is 16.9 Å². The van der Waals surface area contributed by atoms with Gasteiger partial charge in [-0.05, 0) is 35.6 Å². The summed E-state index contributed by atoms with van der Waals surface area (Å²) in [7, 11) is 0. The number of hydrogen-bond donors (Lipinski definition) is 1. The highest BCUT2D eigenvalue weighted by Crippen LogP contribution is 2.36. The van der Waals surface area contributed by atoms with E-state index in [1.807, 2.05) is 30.3 Å². The highest BCUT2D eigenvalue weighted by Gasteiger charge is 2.24. The molecule has 114 valence electrons. The smallest absolute Gasteiger partial charge is 0.407 e. The van der Waals surface area contributed by atoms with Gasteiger partial charge in [-0.15, -0.1) is 0 Å². The van der Waals surface area contributed by atoms with E-state index in [0.29, 0.717) is 19.1 Å². The lowest BCUT2D eigenvalue weighted by atomic mass is 10.0. The summed E-state index contributed by atoms with van der Waals surface area (Å²) in [5, 5.41) is 2.88. The number of fused-ring (bicyclic) bond motifs is 1. The highest BCUT2D eigenvalue weighted by molar-refractivity contribution is 9.10. The second-order valence-corrected chi connectivity index (χ2v) is 6.34. The monoisotopic (exact) mass is 359 g/mol. The molecule has 1 unspecified atom stereocenters. The van der Waals surface area contributed by atoms with Crippen LogP contribution in [0.25, 0.3) is 0 Å². The molecule has 3 rings (SSSR count). The van der Waals surface area contributed by atoms with Gasteiger partial charge < -0.3 is 10.1 Å². The molecule has 1 aliphatic rings. The number of rotatable bonds is 4. The molecule has 2 aromatic rings. The van der Waals surface area contributed by atoms with Crippen molar-refractivity contribution in [3.8, 4) is 0 Å². The third-order valence-electron chi connectivity index (χ3n) is 4.04. The van der Waals surface area contributed by atoms with Crippen LogP contribution in [0, 0.1) is 0 Å². The fraction of sp³-hybridized carbons (Fsp3) is 0.278. The number of benzene rings is 2. The number of carbonyl (C=O) groups excluding carboxylic acids is 1. The van der Waals surface area contributed by atoms with Crippen LogP contribution in [-0.2, 0) is 17.8 Å². The first-order valence-electron chi connectivity index (χ1n) is 7.46. The van der Waals surface area contributed by atoms with Crippen molar-refractivity contribution in [2.24, 2.45) is 0 Å². The van der Waals surface area contributed by atoms with Gasteiger partial charge in [0.15, 0.2) is 0 Å². The second kappa shape index (κ2) is 6.97. The van der Waals surface area contributed by atoms with Gasteiger partial charge in [0.05, 0.1) is 0 Å². The van der Waals surface area contributed by atoms with Gasteiger partial charge in [0.25, 0.3) is 0 Å². The Balaban J connectivity index is 1.50.